The molecule has 4 heteroatoms. The molecule has 0 saturated heterocycles. The second-order valence-electron chi connectivity index (χ2n) is 5.08. The molecule has 0 fully saturated rings. The van der Waals surface area contributed by atoms with Crippen LogP contribution in [0.2, 0.25) is 0 Å². The first-order chi connectivity index (χ1) is 7.27. The van der Waals surface area contributed by atoms with Gasteiger partial charge in [0.1, 0.15) is 5.54 Å². The van der Waals surface area contributed by atoms with E-state index in [-0.39, 0.29) is 5.41 Å². The van der Waals surface area contributed by atoms with E-state index in [1.165, 1.54) is 4.88 Å². The van der Waals surface area contributed by atoms with E-state index < -0.39 is 5.54 Å². The van der Waals surface area contributed by atoms with Gasteiger partial charge in [-0.1, -0.05) is 13.8 Å². The van der Waals surface area contributed by atoms with Crippen LogP contribution in [0.1, 0.15) is 32.6 Å². The highest BCUT2D eigenvalue weighted by atomic mass is 79.9. The average Bonchev–Trinajstić information content (AvgIpc) is 2.63. The number of hydrogen-bond acceptors (Lipinski definition) is 3. The standard InChI is InChI=1S/C12H17BrN2S/c1-11(2,8-15-12(3,4)7-14)9-5-6-10(13)16-9/h5-6,15H,8H2,1-4H3. The van der Waals surface area contributed by atoms with Crippen LogP contribution in [0, 0.1) is 11.3 Å². The van der Waals surface area contributed by atoms with Crippen LogP contribution in [0.3, 0.4) is 0 Å². The molecule has 0 aliphatic heterocycles. The van der Waals surface area contributed by atoms with Crippen molar-refractivity contribution in [3.63, 3.8) is 0 Å². The zero-order valence-electron chi connectivity index (χ0n) is 10.1. The molecule has 1 N–H and O–H groups in total. The van der Waals surface area contributed by atoms with Crippen LogP contribution in [-0.4, -0.2) is 12.1 Å². The van der Waals surface area contributed by atoms with Crippen LogP contribution in [0.25, 0.3) is 0 Å². The molecule has 0 amide bonds. The Morgan fingerprint density at radius 1 is 1.38 bits per heavy atom. The van der Waals surface area contributed by atoms with Crippen molar-refractivity contribution >= 4 is 27.3 Å². The van der Waals surface area contributed by atoms with Crippen molar-refractivity contribution in [3.05, 3.63) is 20.8 Å². The number of halogens is 1. The maximum absolute atomic E-state index is 8.95. The molecule has 0 aromatic carbocycles. The number of nitrogens with zero attached hydrogens (tertiary/aromatic N) is 1. The van der Waals surface area contributed by atoms with Crippen LogP contribution < -0.4 is 5.32 Å². The zero-order valence-corrected chi connectivity index (χ0v) is 12.5. The third-order valence-electron chi connectivity index (χ3n) is 2.49. The summed E-state index contributed by atoms with van der Waals surface area (Å²) in [7, 11) is 0. The molecule has 16 heavy (non-hydrogen) atoms. The summed E-state index contributed by atoms with van der Waals surface area (Å²) in [5, 5.41) is 12.2. The summed E-state index contributed by atoms with van der Waals surface area (Å²) in [5.74, 6) is 0. The van der Waals surface area contributed by atoms with Crippen LogP contribution in [0.4, 0.5) is 0 Å². The zero-order chi connectivity index (χ0) is 12.4. The van der Waals surface area contributed by atoms with Gasteiger partial charge in [0.2, 0.25) is 0 Å². The van der Waals surface area contributed by atoms with Gasteiger partial charge in [-0.25, -0.2) is 0 Å². The summed E-state index contributed by atoms with van der Waals surface area (Å²) in [6.07, 6.45) is 0. The molecule has 0 atom stereocenters. The second-order valence-corrected chi connectivity index (χ2v) is 7.54. The van der Waals surface area contributed by atoms with Gasteiger partial charge in [0.05, 0.1) is 9.86 Å². The highest BCUT2D eigenvalue weighted by Gasteiger charge is 2.26. The van der Waals surface area contributed by atoms with Crippen molar-refractivity contribution in [3.8, 4) is 6.07 Å². The Kier molecular flexibility index (Phi) is 4.17. The maximum Gasteiger partial charge on any atom is 0.101 e. The minimum absolute atomic E-state index is 0.0464. The molecule has 1 heterocycles. The topological polar surface area (TPSA) is 35.8 Å². The molecule has 1 rings (SSSR count). The van der Waals surface area contributed by atoms with Crippen molar-refractivity contribution in [1.29, 1.82) is 5.26 Å². The Hall–Kier alpha value is -0.370. The summed E-state index contributed by atoms with van der Waals surface area (Å²) in [5.41, 5.74) is -0.420. The fraction of sp³-hybridized carbons (Fsp3) is 0.583. The molecule has 88 valence electrons. The van der Waals surface area contributed by atoms with E-state index in [4.69, 9.17) is 5.26 Å². The number of thiophene rings is 1. The van der Waals surface area contributed by atoms with Gasteiger partial charge in [-0.15, -0.1) is 11.3 Å². The number of nitrogens with one attached hydrogen (secondary N) is 1. The van der Waals surface area contributed by atoms with Crippen molar-refractivity contribution in [2.75, 3.05) is 6.54 Å². The predicted octanol–water partition coefficient (Wildman–Crippen LogP) is 3.68. The molecule has 0 radical (unpaired) electrons. The van der Waals surface area contributed by atoms with Crippen LogP contribution in [0.5, 0.6) is 0 Å². The number of hydrogen-bond donors (Lipinski definition) is 1. The van der Waals surface area contributed by atoms with E-state index in [0.29, 0.717) is 0 Å². The average molecular weight is 301 g/mol. The Morgan fingerprint density at radius 2 is 2.00 bits per heavy atom. The SMILES string of the molecule is CC(C)(C#N)NCC(C)(C)c1ccc(Br)s1. The lowest BCUT2D eigenvalue weighted by atomic mass is 9.90. The van der Waals surface area contributed by atoms with E-state index in [1.807, 2.05) is 13.8 Å². The Labute approximate surface area is 110 Å². The summed E-state index contributed by atoms with van der Waals surface area (Å²) in [6, 6.07) is 6.45. The molecule has 0 aliphatic carbocycles. The third-order valence-corrected chi connectivity index (χ3v) is 4.48. The minimum Gasteiger partial charge on any atom is -0.299 e. The highest BCUT2D eigenvalue weighted by molar-refractivity contribution is 9.11. The van der Waals surface area contributed by atoms with E-state index >= 15 is 0 Å². The lowest BCUT2D eigenvalue weighted by molar-refractivity contribution is 0.401. The quantitative estimate of drug-likeness (QED) is 0.921. The Balaban J connectivity index is 2.70. The van der Waals surface area contributed by atoms with Gasteiger partial charge >= 0.3 is 0 Å². The normalized spacial score (nSPS) is 12.5. The third kappa shape index (κ3) is 3.58. The van der Waals surface area contributed by atoms with Gasteiger partial charge < -0.3 is 0 Å². The lowest BCUT2D eigenvalue weighted by Crippen LogP contribution is -2.44. The van der Waals surface area contributed by atoms with Crippen molar-refractivity contribution in [2.45, 2.75) is 38.6 Å². The van der Waals surface area contributed by atoms with E-state index in [0.717, 1.165) is 10.3 Å². The molecule has 1 aromatic heterocycles. The fourth-order valence-electron chi connectivity index (χ4n) is 1.25. The Bertz CT molecular complexity index is 401. The first kappa shape index (κ1) is 13.7. The molecule has 0 spiro atoms. The molecule has 0 aliphatic rings. The van der Waals surface area contributed by atoms with E-state index in [1.54, 1.807) is 11.3 Å². The van der Waals surface area contributed by atoms with E-state index in [2.05, 4.69) is 53.3 Å². The van der Waals surface area contributed by atoms with Crippen LogP contribution in [0.15, 0.2) is 15.9 Å². The highest BCUT2D eigenvalue weighted by Crippen LogP contribution is 2.32. The van der Waals surface area contributed by atoms with Gasteiger partial charge in [-0.2, -0.15) is 5.26 Å². The summed E-state index contributed by atoms with van der Waals surface area (Å²) in [6.45, 7) is 8.96. The van der Waals surface area contributed by atoms with Gasteiger partial charge in [-0.3, -0.25) is 5.32 Å². The van der Waals surface area contributed by atoms with Gasteiger partial charge in [0, 0.05) is 16.8 Å². The van der Waals surface area contributed by atoms with Crippen LogP contribution >= 0.6 is 27.3 Å². The lowest BCUT2D eigenvalue weighted by Gasteiger charge is -2.28. The van der Waals surface area contributed by atoms with Crippen molar-refractivity contribution in [1.82, 2.24) is 5.32 Å². The van der Waals surface area contributed by atoms with Gasteiger partial charge in [0.15, 0.2) is 0 Å². The van der Waals surface area contributed by atoms with E-state index in [9.17, 15) is 0 Å². The molecular formula is C12H17BrN2S. The van der Waals surface area contributed by atoms with Gasteiger partial charge in [0.25, 0.3) is 0 Å². The molecular weight excluding hydrogens is 284 g/mol. The first-order valence-electron chi connectivity index (χ1n) is 5.19. The molecule has 0 bridgehead atoms. The largest absolute Gasteiger partial charge is 0.299 e. The Morgan fingerprint density at radius 3 is 2.44 bits per heavy atom. The smallest absolute Gasteiger partial charge is 0.101 e. The summed E-state index contributed by atoms with van der Waals surface area (Å²) in [4.78, 5) is 1.32. The summed E-state index contributed by atoms with van der Waals surface area (Å²) < 4.78 is 1.15. The number of nitriles is 1. The van der Waals surface area contributed by atoms with Crippen molar-refractivity contribution < 1.29 is 0 Å². The first-order valence-corrected chi connectivity index (χ1v) is 6.80. The van der Waals surface area contributed by atoms with Crippen molar-refractivity contribution in [2.24, 2.45) is 0 Å². The molecule has 0 unspecified atom stereocenters. The fourth-order valence-corrected chi connectivity index (χ4v) is 2.73. The molecule has 0 saturated carbocycles. The number of rotatable bonds is 4. The minimum atomic E-state index is -0.467. The van der Waals surface area contributed by atoms with Crippen LogP contribution in [-0.2, 0) is 5.41 Å². The molecule has 1 aromatic rings. The van der Waals surface area contributed by atoms with Gasteiger partial charge in [-0.05, 0) is 41.9 Å². The maximum atomic E-state index is 8.95. The molecule has 2 nitrogen and oxygen atoms in total. The monoisotopic (exact) mass is 300 g/mol. The predicted molar refractivity (Wildman–Crippen MR) is 72.7 cm³/mol. The summed E-state index contributed by atoms with van der Waals surface area (Å²) >= 11 is 5.22. The second kappa shape index (κ2) is 4.87.